The van der Waals surface area contributed by atoms with Gasteiger partial charge < -0.3 is 9.47 Å². The number of epoxide rings is 1. The van der Waals surface area contributed by atoms with Crippen LogP contribution >= 0.6 is 0 Å². The van der Waals surface area contributed by atoms with Gasteiger partial charge in [0.05, 0.1) is 13.7 Å². The fourth-order valence-electron chi connectivity index (χ4n) is 4.88. The van der Waals surface area contributed by atoms with Gasteiger partial charge in [-0.25, -0.2) is 13.2 Å². The van der Waals surface area contributed by atoms with Gasteiger partial charge in [0.2, 0.25) is 0 Å². The third kappa shape index (κ3) is 4.76. The van der Waals surface area contributed by atoms with Gasteiger partial charge in [-0.3, -0.25) is 0 Å². The Hall–Kier alpha value is -3.05. The van der Waals surface area contributed by atoms with Gasteiger partial charge in [0, 0.05) is 11.1 Å². The van der Waals surface area contributed by atoms with Gasteiger partial charge in [0.1, 0.15) is 17.7 Å². The van der Waals surface area contributed by atoms with Crippen LogP contribution in [0.3, 0.4) is 0 Å². The first-order valence-corrected chi connectivity index (χ1v) is 11.7. The highest BCUT2D eigenvalue weighted by atomic mass is 19.2. The minimum Gasteiger partial charge on any atom is -0.497 e. The van der Waals surface area contributed by atoms with Gasteiger partial charge in [-0.15, -0.1) is 0 Å². The van der Waals surface area contributed by atoms with Crippen LogP contribution in [0.1, 0.15) is 54.4 Å². The molecular weight excluding hydrogens is 437 g/mol. The molecule has 3 aromatic carbocycles. The normalized spacial score (nSPS) is 22.2. The lowest BCUT2D eigenvalue weighted by atomic mass is 9.78. The number of halogens is 3. The Morgan fingerprint density at radius 2 is 1.56 bits per heavy atom. The smallest absolute Gasteiger partial charge is 0.166 e. The maximum absolute atomic E-state index is 15.0. The van der Waals surface area contributed by atoms with E-state index in [0.717, 1.165) is 31.2 Å². The zero-order valence-electron chi connectivity index (χ0n) is 19.1. The average Bonchev–Trinajstić information content (AvgIpc) is 3.70. The molecule has 1 aliphatic heterocycles. The summed E-state index contributed by atoms with van der Waals surface area (Å²) in [5.41, 5.74) is 2.77. The Morgan fingerprint density at radius 3 is 2.21 bits per heavy atom. The Kier molecular flexibility index (Phi) is 6.46. The fraction of sp³-hybridized carbons (Fsp3) is 0.310. The van der Waals surface area contributed by atoms with Crippen molar-refractivity contribution in [3.05, 3.63) is 94.8 Å². The van der Waals surface area contributed by atoms with Crippen LogP contribution in [0.15, 0.2) is 60.7 Å². The molecular formula is C29H27F3O2. The standard InChI is InChI=1S/C29H27F3O2/c1-33-22-11-9-21(10-12-22)24-15-14-23(28(31)29(24)32)20-7-4-18(5-8-20)2-3-19-6-13-25(26(30)16-19)27-17-34-27/h2-3,6,9-16,18,20,27H,4-5,7-8,17H2,1H3/b3-2+. The first kappa shape index (κ1) is 22.7. The summed E-state index contributed by atoms with van der Waals surface area (Å²) in [6.45, 7) is 0.587. The second-order valence-corrected chi connectivity index (χ2v) is 9.13. The van der Waals surface area contributed by atoms with Crippen molar-refractivity contribution in [2.45, 2.75) is 37.7 Å². The number of hydrogen-bond acceptors (Lipinski definition) is 2. The van der Waals surface area contributed by atoms with Crippen LogP contribution in [0.25, 0.3) is 17.2 Å². The molecule has 1 aliphatic carbocycles. The van der Waals surface area contributed by atoms with Gasteiger partial charge in [0.25, 0.3) is 0 Å². The molecule has 34 heavy (non-hydrogen) atoms. The van der Waals surface area contributed by atoms with Gasteiger partial charge in [-0.05, 0) is 72.4 Å². The molecule has 3 aromatic rings. The summed E-state index contributed by atoms with van der Waals surface area (Å²) < 4.78 is 54.4. The molecule has 1 atom stereocenters. The molecule has 2 nitrogen and oxygen atoms in total. The molecule has 176 valence electrons. The summed E-state index contributed by atoms with van der Waals surface area (Å²) in [6.07, 6.45) is 7.33. The molecule has 0 spiro atoms. The lowest BCUT2D eigenvalue weighted by Crippen LogP contribution is -2.13. The molecule has 0 radical (unpaired) electrons. The largest absolute Gasteiger partial charge is 0.497 e. The highest BCUT2D eigenvalue weighted by Gasteiger charge is 2.28. The number of benzene rings is 3. The van der Waals surface area contributed by atoms with Gasteiger partial charge in [0.15, 0.2) is 11.6 Å². The monoisotopic (exact) mass is 464 g/mol. The maximum Gasteiger partial charge on any atom is 0.166 e. The number of methoxy groups -OCH3 is 1. The first-order chi connectivity index (χ1) is 16.5. The highest BCUT2D eigenvalue weighted by molar-refractivity contribution is 5.65. The summed E-state index contributed by atoms with van der Waals surface area (Å²) in [4.78, 5) is 0. The Bertz CT molecular complexity index is 1190. The molecule has 0 bridgehead atoms. The summed E-state index contributed by atoms with van der Waals surface area (Å²) in [5, 5.41) is 0. The minimum absolute atomic E-state index is 0.000614. The van der Waals surface area contributed by atoms with E-state index in [4.69, 9.17) is 9.47 Å². The third-order valence-corrected chi connectivity index (χ3v) is 6.99. The van der Waals surface area contributed by atoms with Crippen molar-refractivity contribution in [3.8, 4) is 16.9 Å². The van der Waals surface area contributed by atoms with Crippen LogP contribution in [-0.2, 0) is 4.74 Å². The molecule has 1 saturated carbocycles. The van der Waals surface area contributed by atoms with Gasteiger partial charge in [-0.1, -0.05) is 48.6 Å². The Morgan fingerprint density at radius 1 is 0.853 bits per heavy atom. The van der Waals surface area contributed by atoms with Crippen LogP contribution in [0.5, 0.6) is 5.75 Å². The van der Waals surface area contributed by atoms with Gasteiger partial charge in [-0.2, -0.15) is 0 Å². The summed E-state index contributed by atoms with van der Waals surface area (Å²) in [6, 6.07) is 15.6. The lowest BCUT2D eigenvalue weighted by molar-refractivity contribution is 0.365. The molecule has 1 unspecified atom stereocenters. The van der Waals surface area contributed by atoms with Crippen molar-refractivity contribution in [3.63, 3.8) is 0 Å². The predicted octanol–water partition coefficient (Wildman–Crippen LogP) is 7.84. The zero-order valence-corrected chi connectivity index (χ0v) is 19.1. The number of allylic oxidation sites excluding steroid dienone is 1. The molecule has 2 aliphatic rings. The van der Waals surface area contributed by atoms with E-state index in [-0.39, 0.29) is 23.4 Å². The fourth-order valence-corrected chi connectivity index (χ4v) is 4.88. The Labute approximate surface area is 198 Å². The van der Waals surface area contributed by atoms with Crippen LogP contribution in [0, 0.1) is 23.4 Å². The molecule has 0 N–H and O–H groups in total. The lowest BCUT2D eigenvalue weighted by Gasteiger charge is -2.27. The van der Waals surface area contributed by atoms with E-state index in [9.17, 15) is 8.78 Å². The van der Waals surface area contributed by atoms with E-state index < -0.39 is 11.6 Å². The average molecular weight is 465 g/mol. The van der Waals surface area contributed by atoms with E-state index in [2.05, 4.69) is 6.08 Å². The van der Waals surface area contributed by atoms with Crippen molar-refractivity contribution in [2.24, 2.45) is 5.92 Å². The third-order valence-electron chi connectivity index (χ3n) is 6.99. The highest BCUT2D eigenvalue weighted by Crippen LogP contribution is 2.40. The van der Waals surface area contributed by atoms with Crippen LogP contribution in [0.2, 0.25) is 0 Å². The van der Waals surface area contributed by atoms with Crippen molar-refractivity contribution in [2.75, 3.05) is 13.7 Å². The Balaban J connectivity index is 1.23. The number of ether oxygens (including phenoxy) is 2. The van der Waals surface area contributed by atoms with Crippen molar-refractivity contribution >= 4 is 6.08 Å². The first-order valence-electron chi connectivity index (χ1n) is 11.7. The molecule has 1 saturated heterocycles. The van der Waals surface area contributed by atoms with E-state index in [0.29, 0.717) is 35.0 Å². The van der Waals surface area contributed by atoms with Crippen LogP contribution in [-0.4, -0.2) is 13.7 Å². The predicted molar refractivity (Wildman–Crippen MR) is 127 cm³/mol. The molecule has 2 fully saturated rings. The quantitative estimate of drug-likeness (QED) is 0.347. The minimum atomic E-state index is -0.799. The van der Waals surface area contributed by atoms with E-state index in [1.165, 1.54) is 0 Å². The van der Waals surface area contributed by atoms with Gasteiger partial charge >= 0.3 is 0 Å². The van der Waals surface area contributed by atoms with E-state index >= 15 is 4.39 Å². The van der Waals surface area contributed by atoms with Crippen LogP contribution < -0.4 is 4.74 Å². The van der Waals surface area contributed by atoms with E-state index in [1.54, 1.807) is 55.6 Å². The van der Waals surface area contributed by atoms with Crippen molar-refractivity contribution in [1.29, 1.82) is 0 Å². The molecule has 5 rings (SSSR count). The maximum atomic E-state index is 15.0. The second kappa shape index (κ2) is 9.67. The van der Waals surface area contributed by atoms with Crippen molar-refractivity contribution < 1.29 is 22.6 Å². The summed E-state index contributed by atoms with van der Waals surface area (Å²) in [7, 11) is 1.57. The van der Waals surface area contributed by atoms with Crippen molar-refractivity contribution in [1.82, 2.24) is 0 Å². The van der Waals surface area contributed by atoms with E-state index in [1.807, 2.05) is 12.1 Å². The summed E-state index contributed by atoms with van der Waals surface area (Å²) >= 11 is 0. The molecule has 5 heteroatoms. The summed E-state index contributed by atoms with van der Waals surface area (Å²) in [5.74, 6) is -0.767. The SMILES string of the molecule is COc1ccc(-c2ccc(C3CCC(/C=C/c4ccc(C5CO5)c(F)c4)CC3)c(F)c2F)cc1. The molecule has 0 aromatic heterocycles. The number of rotatable bonds is 6. The molecule has 1 heterocycles. The topological polar surface area (TPSA) is 21.8 Å². The number of hydrogen-bond donors (Lipinski definition) is 0. The second-order valence-electron chi connectivity index (χ2n) is 9.13. The zero-order chi connectivity index (χ0) is 23.7. The molecule has 0 amide bonds. The van der Waals surface area contributed by atoms with Crippen LogP contribution in [0.4, 0.5) is 13.2 Å².